The van der Waals surface area contributed by atoms with Gasteiger partial charge in [-0.25, -0.2) is 4.68 Å². The second-order valence-electron chi connectivity index (χ2n) is 3.85. The predicted octanol–water partition coefficient (Wildman–Crippen LogP) is 2.40. The fraction of sp³-hybridized carbons (Fsp3) is 0.273. The fourth-order valence-corrected chi connectivity index (χ4v) is 1.98. The van der Waals surface area contributed by atoms with E-state index in [0.29, 0.717) is 11.4 Å². The molecule has 0 amide bonds. The minimum atomic E-state index is 0.117. The quantitative estimate of drug-likeness (QED) is 0.944. The van der Waals surface area contributed by atoms with Gasteiger partial charge < -0.3 is 10.5 Å². The monoisotopic (exact) mass is 296 g/mol. The molecule has 0 saturated carbocycles. The van der Waals surface area contributed by atoms with Gasteiger partial charge in [0, 0.05) is 6.20 Å². The smallest absolute Gasteiger partial charge is 0.158 e. The first-order valence-corrected chi connectivity index (χ1v) is 5.98. The van der Waals surface area contributed by atoms with E-state index in [9.17, 15) is 0 Å². The number of pyridine rings is 1. The first kappa shape index (κ1) is 11.9. The van der Waals surface area contributed by atoms with Crippen LogP contribution < -0.4 is 10.5 Å². The van der Waals surface area contributed by atoms with Crippen molar-refractivity contribution in [3.05, 3.63) is 29.3 Å². The van der Waals surface area contributed by atoms with E-state index >= 15 is 0 Å². The van der Waals surface area contributed by atoms with Crippen LogP contribution in [0.15, 0.2) is 29.3 Å². The van der Waals surface area contributed by atoms with Crippen LogP contribution in [0.1, 0.15) is 13.8 Å². The zero-order chi connectivity index (χ0) is 12.4. The summed E-state index contributed by atoms with van der Waals surface area (Å²) in [5.74, 6) is 0.711. The lowest BCUT2D eigenvalue weighted by atomic mass is 10.3. The standard InChI is InChI=1S/C11H13BrN4O/c1-7(2)17-8-3-15-16(6-8)11-9(12)4-14-5-10(11)13/h3-7H,13H2,1-2H3. The van der Waals surface area contributed by atoms with E-state index in [2.05, 4.69) is 26.0 Å². The number of nitrogen functional groups attached to an aromatic ring is 1. The van der Waals surface area contributed by atoms with E-state index in [1.54, 1.807) is 29.5 Å². The van der Waals surface area contributed by atoms with Gasteiger partial charge in [0.2, 0.25) is 0 Å². The van der Waals surface area contributed by atoms with Gasteiger partial charge in [-0.3, -0.25) is 4.98 Å². The molecule has 6 heteroatoms. The molecule has 2 rings (SSSR count). The minimum Gasteiger partial charge on any atom is -0.488 e. The van der Waals surface area contributed by atoms with Crippen molar-refractivity contribution < 1.29 is 4.74 Å². The molecule has 0 aromatic carbocycles. The van der Waals surface area contributed by atoms with Crippen molar-refractivity contribution in [3.8, 4) is 11.4 Å². The molecule has 0 saturated heterocycles. The van der Waals surface area contributed by atoms with Crippen molar-refractivity contribution in [2.24, 2.45) is 0 Å². The van der Waals surface area contributed by atoms with Crippen LogP contribution in [0.25, 0.3) is 5.69 Å². The molecule has 0 atom stereocenters. The molecule has 2 heterocycles. The van der Waals surface area contributed by atoms with Gasteiger partial charge in [-0.1, -0.05) is 0 Å². The highest BCUT2D eigenvalue weighted by Crippen LogP contribution is 2.26. The Bertz CT molecular complexity index is 504. The summed E-state index contributed by atoms with van der Waals surface area (Å²) >= 11 is 3.40. The third kappa shape index (κ3) is 2.58. The van der Waals surface area contributed by atoms with Crippen LogP contribution in [0.2, 0.25) is 0 Å². The third-order valence-corrected chi connectivity index (χ3v) is 2.64. The molecule has 0 aliphatic carbocycles. The summed E-state index contributed by atoms with van der Waals surface area (Å²) in [6.07, 6.45) is 6.83. The lowest BCUT2D eigenvalue weighted by Crippen LogP contribution is -2.05. The molecule has 2 aromatic heterocycles. The van der Waals surface area contributed by atoms with Gasteiger partial charge in [0.1, 0.15) is 5.69 Å². The van der Waals surface area contributed by atoms with Crippen molar-refractivity contribution in [1.29, 1.82) is 0 Å². The molecule has 5 nitrogen and oxygen atoms in total. The largest absolute Gasteiger partial charge is 0.488 e. The lowest BCUT2D eigenvalue weighted by molar-refractivity contribution is 0.242. The summed E-state index contributed by atoms with van der Waals surface area (Å²) < 4.78 is 8.00. The molecule has 90 valence electrons. The average Bonchev–Trinajstić information content (AvgIpc) is 2.65. The maximum Gasteiger partial charge on any atom is 0.158 e. The van der Waals surface area contributed by atoms with Gasteiger partial charge in [-0.15, -0.1) is 0 Å². The molecule has 0 fully saturated rings. The first-order valence-electron chi connectivity index (χ1n) is 5.18. The van der Waals surface area contributed by atoms with Gasteiger partial charge in [0.25, 0.3) is 0 Å². The molecule has 0 aliphatic rings. The zero-order valence-corrected chi connectivity index (χ0v) is 11.2. The van der Waals surface area contributed by atoms with Crippen LogP contribution in [-0.4, -0.2) is 20.9 Å². The van der Waals surface area contributed by atoms with Gasteiger partial charge in [-0.2, -0.15) is 5.10 Å². The molecule has 0 spiro atoms. The number of nitrogens with two attached hydrogens (primary N) is 1. The minimum absolute atomic E-state index is 0.117. The van der Waals surface area contributed by atoms with Crippen LogP contribution in [0.5, 0.6) is 5.75 Å². The Hall–Kier alpha value is -1.56. The summed E-state index contributed by atoms with van der Waals surface area (Å²) in [4.78, 5) is 3.98. The number of rotatable bonds is 3. The van der Waals surface area contributed by atoms with E-state index in [0.717, 1.165) is 10.2 Å². The number of ether oxygens (including phenoxy) is 1. The zero-order valence-electron chi connectivity index (χ0n) is 9.59. The summed E-state index contributed by atoms with van der Waals surface area (Å²) in [6.45, 7) is 3.93. The van der Waals surface area contributed by atoms with Crippen molar-refractivity contribution in [2.45, 2.75) is 20.0 Å². The normalized spacial score (nSPS) is 10.8. The van der Waals surface area contributed by atoms with Crippen LogP contribution >= 0.6 is 15.9 Å². The second kappa shape index (κ2) is 4.75. The van der Waals surface area contributed by atoms with Crippen LogP contribution in [0, 0.1) is 0 Å². The second-order valence-corrected chi connectivity index (χ2v) is 4.70. The Labute approximate surface area is 108 Å². The highest BCUT2D eigenvalue weighted by atomic mass is 79.9. The maximum absolute atomic E-state index is 5.87. The Kier molecular flexibility index (Phi) is 3.33. The van der Waals surface area contributed by atoms with Crippen LogP contribution in [-0.2, 0) is 0 Å². The van der Waals surface area contributed by atoms with E-state index in [-0.39, 0.29) is 6.10 Å². The van der Waals surface area contributed by atoms with Crippen LogP contribution in [0.3, 0.4) is 0 Å². The topological polar surface area (TPSA) is 66.0 Å². The molecule has 0 bridgehead atoms. The maximum atomic E-state index is 5.87. The van der Waals surface area contributed by atoms with Gasteiger partial charge in [0.05, 0.1) is 34.9 Å². The number of hydrogen-bond donors (Lipinski definition) is 1. The number of aromatic nitrogens is 3. The molecule has 0 radical (unpaired) electrons. The average molecular weight is 297 g/mol. The summed E-state index contributed by atoms with van der Waals surface area (Å²) in [5, 5.41) is 4.22. The Morgan fingerprint density at radius 1 is 1.35 bits per heavy atom. The van der Waals surface area contributed by atoms with Gasteiger partial charge >= 0.3 is 0 Å². The van der Waals surface area contributed by atoms with E-state index < -0.39 is 0 Å². The molecule has 17 heavy (non-hydrogen) atoms. The van der Waals surface area contributed by atoms with Crippen molar-refractivity contribution in [3.63, 3.8) is 0 Å². The Morgan fingerprint density at radius 3 is 2.76 bits per heavy atom. The summed E-state index contributed by atoms with van der Waals surface area (Å²) in [7, 11) is 0. The summed E-state index contributed by atoms with van der Waals surface area (Å²) in [6, 6.07) is 0. The molecule has 2 N–H and O–H groups in total. The number of hydrogen-bond acceptors (Lipinski definition) is 4. The van der Waals surface area contributed by atoms with E-state index in [1.165, 1.54) is 0 Å². The highest BCUT2D eigenvalue weighted by molar-refractivity contribution is 9.10. The number of nitrogens with zero attached hydrogens (tertiary/aromatic N) is 3. The third-order valence-electron chi connectivity index (χ3n) is 2.06. The number of anilines is 1. The van der Waals surface area contributed by atoms with E-state index in [4.69, 9.17) is 10.5 Å². The van der Waals surface area contributed by atoms with Crippen molar-refractivity contribution in [1.82, 2.24) is 14.8 Å². The molecule has 0 unspecified atom stereocenters. The van der Waals surface area contributed by atoms with E-state index in [1.807, 2.05) is 13.8 Å². The highest BCUT2D eigenvalue weighted by Gasteiger charge is 2.10. The van der Waals surface area contributed by atoms with Gasteiger partial charge in [0.15, 0.2) is 5.75 Å². The first-order chi connectivity index (χ1) is 8.08. The molecule has 2 aromatic rings. The Morgan fingerprint density at radius 2 is 2.12 bits per heavy atom. The van der Waals surface area contributed by atoms with Crippen LogP contribution in [0.4, 0.5) is 5.69 Å². The predicted molar refractivity (Wildman–Crippen MR) is 69.2 cm³/mol. The van der Waals surface area contributed by atoms with Gasteiger partial charge in [-0.05, 0) is 29.8 Å². The molecule has 0 aliphatic heterocycles. The van der Waals surface area contributed by atoms with Crippen molar-refractivity contribution in [2.75, 3.05) is 5.73 Å². The molecular weight excluding hydrogens is 284 g/mol. The number of halogens is 1. The van der Waals surface area contributed by atoms with Crippen molar-refractivity contribution >= 4 is 21.6 Å². The Balaban J connectivity index is 2.37. The SMILES string of the molecule is CC(C)Oc1cnn(-c2c(N)cncc2Br)c1. The lowest BCUT2D eigenvalue weighted by Gasteiger charge is -2.07. The molecular formula is C11H13BrN4O. The fourth-order valence-electron chi connectivity index (χ4n) is 1.45. The summed E-state index contributed by atoms with van der Waals surface area (Å²) in [5.41, 5.74) is 7.19.